The zero-order chi connectivity index (χ0) is 24.0. The maximum atomic E-state index is 13.4. The lowest BCUT2D eigenvalue weighted by molar-refractivity contribution is -0.116. The van der Waals surface area contributed by atoms with Crippen LogP contribution in [0, 0.1) is 11.3 Å². The number of carbonyl (C=O) groups is 1. The minimum atomic E-state index is -4.09. The van der Waals surface area contributed by atoms with Gasteiger partial charge in [0.2, 0.25) is 15.9 Å². The van der Waals surface area contributed by atoms with Crippen molar-refractivity contribution in [2.45, 2.75) is 17.9 Å². The van der Waals surface area contributed by atoms with Gasteiger partial charge >= 0.3 is 0 Å². The van der Waals surface area contributed by atoms with Crippen molar-refractivity contribution in [3.05, 3.63) is 92.9 Å². The number of halogens is 3. The van der Waals surface area contributed by atoms with Gasteiger partial charge in [0.1, 0.15) is 0 Å². The summed E-state index contributed by atoms with van der Waals surface area (Å²) < 4.78 is 27.7. The van der Waals surface area contributed by atoms with Crippen molar-refractivity contribution in [2.75, 3.05) is 11.9 Å². The Labute approximate surface area is 207 Å². The summed E-state index contributed by atoms with van der Waals surface area (Å²) in [4.78, 5) is 12.7. The van der Waals surface area contributed by atoms with Gasteiger partial charge < -0.3 is 5.32 Å². The van der Waals surface area contributed by atoms with Crippen LogP contribution in [0.5, 0.6) is 0 Å². The summed E-state index contributed by atoms with van der Waals surface area (Å²) in [6, 6.07) is 19.2. The van der Waals surface area contributed by atoms with Gasteiger partial charge in [0.25, 0.3) is 0 Å². The first-order valence-corrected chi connectivity index (χ1v) is 12.2. The number of rotatable bonds is 8. The molecule has 0 aromatic heterocycles. The third-order valence-electron chi connectivity index (χ3n) is 4.69. The number of hydrogen-bond donors (Lipinski definition) is 1. The minimum absolute atomic E-state index is 0.0243. The van der Waals surface area contributed by atoms with Gasteiger partial charge in [-0.25, -0.2) is 8.42 Å². The summed E-state index contributed by atoms with van der Waals surface area (Å²) in [5, 5.41) is 12.4. The summed E-state index contributed by atoms with van der Waals surface area (Å²) >= 11 is 18.4. The first-order chi connectivity index (χ1) is 15.7. The van der Waals surface area contributed by atoms with Crippen molar-refractivity contribution in [1.82, 2.24) is 4.31 Å². The van der Waals surface area contributed by atoms with Gasteiger partial charge in [-0.15, -0.1) is 0 Å². The number of carbonyl (C=O) groups excluding carboxylic acids is 1. The topological polar surface area (TPSA) is 90.3 Å². The van der Waals surface area contributed by atoms with E-state index in [0.717, 1.165) is 9.87 Å². The third-order valence-corrected chi connectivity index (χ3v) is 7.45. The minimum Gasteiger partial charge on any atom is -0.325 e. The van der Waals surface area contributed by atoms with Gasteiger partial charge in [-0.2, -0.15) is 9.57 Å². The van der Waals surface area contributed by atoms with Crippen molar-refractivity contribution in [1.29, 1.82) is 5.26 Å². The van der Waals surface area contributed by atoms with Crippen LogP contribution in [-0.4, -0.2) is 25.2 Å². The average Bonchev–Trinajstić information content (AvgIpc) is 2.77. The standard InChI is InChI=1S/C23H18Cl3N3O3S/c24-17-6-10-19(11-7-17)33(31,32)29(14-20-21(25)2-1-3-22(20)26)15-23(30)28-18-8-4-16(5-9-18)12-13-27/h1-11H,12,14-15H2,(H,28,30). The van der Waals surface area contributed by atoms with Crippen LogP contribution in [0.15, 0.2) is 71.6 Å². The molecule has 1 amide bonds. The van der Waals surface area contributed by atoms with Crippen LogP contribution in [0.4, 0.5) is 5.69 Å². The Hall–Kier alpha value is -2.60. The maximum absolute atomic E-state index is 13.4. The molecular weight excluding hydrogens is 505 g/mol. The number of nitriles is 1. The van der Waals surface area contributed by atoms with Gasteiger partial charge in [-0.05, 0) is 54.1 Å². The van der Waals surface area contributed by atoms with E-state index in [1.165, 1.54) is 24.3 Å². The van der Waals surface area contributed by atoms with E-state index in [0.29, 0.717) is 16.3 Å². The molecule has 33 heavy (non-hydrogen) atoms. The number of hydrogen-bond acceptors (Lipinski definition) is 4. The fraction of sp³-hybridized carbons (Fsp3) is 0.130. The van der Waals surface area contributed by atoms with Crippen LogP contribution in [0.2, 0.25) is 15.1 Å². The SMILES string of the molecule is N#CCc1ccc(NC(=O)CN(Cc2c(Cl)cccc2Cl)S(=O)(=O)c2ccc(Cl)cc2)cc1. The molecular formula is C23H18Cl3N3O3S. The monoisotopic (exact) mass is 521 g/mol. The van der Waals surface area contributed by atoms with Crippen molar-refractivity contribution in [2.24, 2.45) is 0 Å². The van der Waals surface area contributed by atoms with E-state index >= 15 is 0 Å². The predicted molar refractivity (Wildman–Crippen MR) is 130 cm³/mol. The molecule has 0 spiro atoms. The number of benzene rings is 3. The quantitative estimate of drug-likeness (QED) is 0.420. The molecule has 0 unspecified atom stereocenters. The number of sulfonamides is 1. The molecule has 3 aromatic carbocycles. The molecule has 0 aliphatic carbocycles. The van der Waals surface area contributed by atoms with Crippen LogP contribution in [0.1, 0.15) is 11.1 Å². The van der Waals surface area contributed by atoms with Gasteiger partial charge in [0.15, 0.2) is 0 Å². The van der Waals surface area contributed by atoms with Crippen LogP contribution in [0.3, 0.4) is 0 Å². The van der Waals surface area contributed by atoms with Crippen molar-refractivity contribution in [3.63, 3.8) is 0 Å². The Bertz CT molecular complexity index is 1270. The van der Waals surface area contributed by atoms with Crippen LogP contribution in [-0.2, 0) is 27.8 Å². The highest BCUT2D eigenvalue weighted by Crippen LogP contribution is 2.28. The summed E-state index contributed by atoms with van der Waals surface area (Å²) in [5.74, 6) is -0.552. The molecule has 1 N–H and O–H groups in total. The zero-order valence-corrected chi connectivity index (χ0v) is 20.2. The molecule has 0 aliphatic heterocycles. The van der Waals surface area contributed by atoms with E-state index in [9.17, 15) is 13.2 Å². The van der Waals surface area contributed by atoms with Crippen molar-refractivity contribution in [3.8, 4) is 6.07 Å². The Morgan fingerprint density at radius 1 is 0.939 bits per heavy atom. The summed E-state index contributed by atoms with van der Waals surface area (Å²) in [6.45, 7) is -0.690. The fourth-order valence-corrected chi connectivity index (χ4v) is 5.01. The molecule has 3 aromatic rings. The number of amides is 1. The van der Waals surface area contributed by atoms with Gasteiger partial charge in [-0.1, -0.05) is 53.0 Å². The van der Waals surface area contributed by atoms with Crippen LogP contribution in [0.25, 0.3) is 0 Å². The zero-order valence-electron chi connectivity index (χ0n) is 17.1. The maximum Gasteiger partial charge on any atom is 0.243 e. The highest BCUT2D eigenvalue weighted by molar-refractivity contribution is 7.89. The molecule has 3 rings (SSSR count). The largest absolute Gasteiger partial charge is 0.325 e. The molecule has 0 saturated carbocycles. The van der Waals surface area contributed by atoms with Crippen LogP contribution < -0.4 is 5.32 Å². The summed E-state index contributed by atoms with van der Waals surface area (Å²) in [6.07, 6.45) is 0.250. The van der Waals surface area contributed by atoms with Crippen LogP contribution >= 0.6 is 34.8 Å². The molecule has 0 radical (unpaired) electrons. The third kappa shape index (κ3) is 6.47. The lowest BCUT2D eigenvalue weighted by atomic mass is 10.1. The Morgan fingerprint density at radius 3 is 2.12 bits per heavy atom. The molecule has 10 heteroatoms. The first kappa shape index (κ1) is 25.0. The van der Waals surface area contributed by atoms with E-state index in [1.807, 2.05) is 6.07 Å². The molecule has 0 saturated heterocycles. The molecule has 0 bridgehead atoms. The highest BCUT2D eigenvalue weighted by Gasteiger charge is 2.28. The normalized spacial score (nSPS) is 11.2. The van der Waals surface area contributed by atoms with E-state index in [2.05, 4.69) is 5.32 Å². The second kappa shape index (κ2) is 11.0. The van der Waals surface area contributed by atoms with E-state index in [1.54, 1.807) is 42.5 Å². The molecule has 170 valence electrons. The first-order valence-electron chi connectivity index (χ1n) is 9.65. The highest BCUT2D eigenvalue weighted by atomic mass is 35.5. The smallest absolute Gasteiger partial charge is 0.243 e. The summed E-state index contributed by atoms with van der Waals surface area (Å²) in [7, 11) is -4.09. The lowest BCUT2D eigenvalue weighted by Crippen LogP contribution is -2.37. The second-order valence-corrected chi connectivity index (χ2v) is 10.2. The summed E-state index contributed by atoms with van der Waals surface area (Å²) in [5.41, 5.74) is 1.66. The Kier molecular flexibility index (Phi) is 8.35. The van der Waals surface area contributed by atoms with E-state index < -0.39 is 22.5 Å². The molecule has 6 nitrogen and oxygen atoms in total. The van der Waals surface area contributed by atoms with Gasteiger partial charge in [0, 0.05) is 32.9 Å². The fourth-order valence-electron chi connectivity index (χ4n) is 3.00. The van der Waals surface area contributed by atoms with E-state index in [-0.39, 0.29) is 27.9 Å². The van der Waals surface area contributed by atoms with Crippen molar-refractivity contribution < 1.29 is 13.2 Å². The van der Waals surface area contributed by atoms with Gasteiger partial charge in [-0.3, -0.25) is 4.79 Å². The van der Waals surface area contributed by atoms with Crippen molar-refractivity contribution >= 4 is 56.4 Å². The number of nitrogens with zero attached hydrogens (tertiary/aromatic N) is 2. The van der Waals surface area contributed by atoms with E-state index in [4.69, 9.17) is 40.1 Å². The molecule has 0 atom stereocenters. The molecule has 0 heterocycles. The Balaban J connectivity index is 1.88. The van der Waals surface area contributed by atoms with Gasteiger partial charge in [0.05, 0.1) is 23.9 Å². The predicted octanol–water partition coefficient (Wildman–Crippen LogP) is 5.54. The number of nitrogens with one attached hydrogen (secondary N) is 1. The second-order valence-electron chi connectivity index (χ2n) is 7.01. The average molecular weight is 523 g/mol. The lowest BCUT2D eigenvalue weighted by Gasteiger charge is -2.23. The molecule has 0 aliphatic rings. The molecule has 0 fully saturated rings. The number of anilines is 1. The Morgan fingerprint density at radius 2 is 1.55 bits per heavy atom.